The minimum Gasteiger partial charge on any atom is -0.383 e. The van der Waals surface area contributed by atoms with E-state index in [4.69, 9.17) is 9.73 Å². The van der Waals surface area contributed by atoms with Crippen molar-refractivity contribution in [3.63, 3.8) is 0 Å². The molecule has 2 N–H and O–H groups in total. The van der Waals surface area contributed by atoms with Crippen molar-refractivity contribution in [1.82, 2.24) is 30.3 Å². The van der Waals surface area contributed by atoms with Crippen LogP contribution in [0.25, 0.3) is 0 Å². The molecule has 8 heteroatoms. The first-order chi connectivity index (χ1) is 13.7. The second-order valence-corrected chi connectivity index (χ2v) is 7.86. The summed E-state index contributed by atoms with van der Waals surface area (Å²) in [5.74, 6) is 3.69. The van der Waals surface area contributed by atoms with Crippen LogP contribution in [-0.2, 0) is 24.1 Å². The lowest BCUT2D eigenvalue weighted by atomic mass is 9.97. The second-order valence-electron chi connectivity index (χ2n) is 7.86. The fraction of sp³-hybridized carbons (Fsp3) is 0.850. The van der Waals surface area contributed by atoms with E-state index in [9.17, 15) is 0 Å². The van der Waals surface area contributed by atoms with Gasteiger partial charge in [0, 0.05) is 45.6 Å². The van der Waals surface area contributed by atoms with E-state index in [-0.39, 0.29) is 0 Å². The Bertz CT molecular complexity index is 622. The number of nitrogens with one attached hydrogen (secondary N) is 2. The number of rotatable bonds is 8. The molecule has 1 aromatic rings. The number of methoxy groups -OCH3 is 1. The van der Waals surface area contributed by atoms with Gasteiger partial charge in [0.05, 0.1) is 13.2 Å². The lowest BCUT2D eigenvalue weighted by Gasteiger charge is -2.31. The molecule has 158 valence electrons. The zero-order valence-corrected chi connectivity index (χ0v) is 17.8. The second kappa shape index (κ2) is 10.8. The average molecular weight is 392 g/mol. The monoisotopic (exact) mass is 391 g/mol. The van der Waals surface area contributed by atoms with E-state index in [0.29, 0.717) is 12.0 Å². The molecular weight excluding hydrogens is 354 g/mol. The number of hydrogen-bond donors (Lipinski definition) is 2. The number of guanidine groups is 1. The maximum absolute atomic E-state index is 5.19. The Morgan fingerprint density at radius 2 is 2.07 bits per heavy atom. The van der Waals surface area contributed by atoms with E-state index in [1.165, 1.54) is 12.8 Å². The van der Waals surface area contributed by atoms with Gasteiger partial charge in [-0.25, -0.2) is 9.67 Å². The number of hydrogen-bond acceptors (Lipinski definition) is 5. The Kier molecular flexibility index (Phi) is 8.09. The largest absolute Gasteiger partial charge is 0.383 e. The van der Waals surface area contributed by atoms with Crippen molar-refractivity contribution in [3.8, 4) is 0 Å². The third kappa shape index (κ3) is 5.91. The Balaban J connectivity index is 1.48. The number of nitrogens with zero attached hydrogens (tertiary/aromatic N) is 5. The first-order valence-corrected chi connectivity index (χ1v) is 10.9. The van der Waals surface area contributed by atoms with Gasteiger partial charge in [0.15, 0.2) is 11.8 Å². The Labute approximate surface area is 169 Å². The highest BCUT2D eigenvalue weighted by Gasteiger charge is 2.23. The van der Waals surface area contributed by atoms with Crippen LogP contribution >= 0.6 is 0 Å². The molecule has 2 aliphatic rings. The summed E-state index contributed by atoms with van der Waals surface area (Å²) in [4.78, 5) is 12.0. The minimum absolute atomic E-state index is 0.354. The molecule has 3 heterocycles. The number of aliphatic imine (C=N–C) groups is 1. The van der Waals surface area contributed by atoms with Crippen LogP contribution in [-0.4, -0.2) is 78.1 Å². The van der Waals surface area contributed by atoms with Gasteiger partial charge in [-0.15, -0.1) is 0 Å². The molecule has 0 bridgehead atoms. The van der Waals surface area contributed by atoms with Gasteiger partial charge in [-0.3, -0.25) is 4.99 Å². The van der Waals surface area contributed by atoms with Crippen molar-refractivity contribution in [2.45, 2.75) is 58.5 Å². The summed E-state index contributed by atoms with van der Waals surface area (Å²) in [7, 11) is 1.77. The fourth-order valence-electron chi connectivity index (χ4n) is 3.97. The van der Waals surface area contributed by atoms with E-state index in [1.54, 1.807) is 7.11 Å². The smallest absolute Gasteiger partial charge is 0.191 e. The lowest BCUT2D eigenvalue weighted by Crippen LogP contribution is -2.47. The molecule has 0 spiro atoms. The van der Waals surface area contributed by atoms with Gasteiger partial charge in [0.1, 0.15) is 5.82 Å². The van der Waals surface area contributed by atoms with Crippen LogP contribution in [0.4, 0.5) is 0 Å². The molecule has 0 radical (unpaired) electrons. The van der Waals surface area contributed by atoms with Gasteiger partial charge in [-0.1, -0.05) is 6.92 Å². The molecule has 3 rings (SSSR count). The molecule has 0 aliphatic carbocycles. The van der Waals surface area contributed by atoms with Crippen LogP contribution in [0, 0.1) is 5.92 Å². The lowest BCUT2D eigenvalue weighted by molar-refractivity contribution is 0.121. The first-order valence-electron chi connectivity index (χ1n) is 10.9. The number of aryl methyl sites for hydroxylation is 2. The van der Waals surface area contributed by atoms with E-state index in [2.05, 4.69) is 44.1 Å². The average Bonchev–Trinajstić information content (AvgIpc) is 3.14. The van der Waals surface area contributed by atoms with Crippen LogP contribution in [0.15, 0.2) is 4.99 Å². The van der Waals surface area contributed by atoms with Gasteiger partial charge in [-0.05, 0) is 45.2 Å². The minimum atomic E-state index is 0.354. The number of aromatic nitrogens is 3. The van der Waals surface area contributed by atoms with Crippen molar-refractivity contribution in [3.05, 3.63) is 11.6 Å². The van der Waals surface area contributed by atoms with Crippen LogP contribution in [0.2, 0.25) is 0 Å². The van der Waals surface area contributed by atoms with Gasteiger partial charge in [0.2, 0.25) is 0 Å². The molecule has 8 nitrogen and oxygen atoms in total. The van der Waals surface area contributed by atoms with Crippen molar-refractivity contribution < 1.29 is 4.74 Å². The van der Waals surface area contributed by atoms with E-state index >= 15 is 0 Å². The highest BCUT2D eigenvalue weighted by molar-refractivity contribution is 5.80. The van der Waals surface area contributed by atoms with Gasteiger partial charge in [0.25, 0.3) is 0 Å². The molecule has 1 atom stereocenters. The van der Waals surface area contributed by atoms with Crippen molar-refractivity contribution in [2.75, 3.05) is 46.4 Å². The Hall–Kier alpha value is -1.67. The highest BCUT2D eigenvalue weighted by atomic mass is 16.5. The highest BCUT2D eigenvalue weighted by Crippen LogP contribution is 2.17. The zero-order valence-electron chi connectivity index (χ0n) is 17.8. The van der Waals surface area contributed by atoms with E-state index in [1.807, 2.05) is 0 Å². The standard InChI is InChI=1S/C20H37N7O/c1-4-18-24-19-7-6-17(15-27(19)25-18)23-20(21-5-2)22-14-16-8-10-26(11-9-16)12-13-28-3/h16-17H,4-15H2,1-3H3,(H2,21,22,23). The third-order valence-electron chi connectivity index (χ3n) is 5.73. The van der Waals surface area contributed by atoms with Crippen LogP contribution in [0.5, 0.6) is 0 Å². The summed E-state index contributed by atoms with van der Waals surface area (Å²) in [5, 5.41) is 11.7. The van der Waals surface area contributed by atoms with Crippen LogP contribution in [0.1, 0.15) is 44.8 Å². The Morgan fingerprint density at radius 1 is 1.25 bits per heavy atom. The van der Waals surface area contributed by atoms with Crippen LogP contribution < -0.4 is 10.6 Å². The molecular formula is C20H37N7O. The number of piperidine rings is 1. The molecule has 1 unspecified atom stereocenters. The van der Waals surface area contributed by atoms with Crippen molar-refractivity contribution in [1.29, 1.82) is 0 Å². The molecule has 28 heavy (non-hydrogen) atoms. The number of likely N-dealkylation sites (tertiary alicyclic amines) is 1. The normalized spacial score (nSPS) is 21.5. The summed E-state index contributed by atoms with van der Waals surface area (Å²) < 4.78 is 7.26. The quantitative estimate of drug-likeness (QED) is 0.510. The maximum atomic E-state index is 5.19. The number of fused-ring (bicyclic) bond motifs is 1. The first kappa shape index (κ1) is 21.0. The SMILES string of the molecule is CCNC(=NCC1CCN(CCOC)CC1)NC1CCc2nc(CC)nn2C1. The third-order valence-corrected chi connectivity index (χ3v) is 5.73. The maximum Gasteiger partial charge on any atom is 0.191 e. The predicted octanol–water partition coefficient (Wildman–Crippen LogP) is 1.07. The predicted molar refractivity (Wildman–Crippen MR) is 112 cm³/mol. The van der Waals surface area contributed by atoms with E-state index in [0.717, 1.165) is 82.7 Å². The van der Waals surface area contributed by atoms with Gasteiger partial charge in [-0.2, -0.15) is 5.10 Å². The summed E-state index contributed by atoms with van der Waals surface area (Å²) >= 11 is 0. The summed E-state index contributed by atoms with van der Waals surface area (Å²) in [5.41, 5.74) is 0. The van der Waals surface area contributed by atoms with Crippen molar-refractivity contribution >= 4 is 5.96 Å². The fourth-order valence-corrected chi connectivity index (χ4v) is 3.97. The summed E-state index contributed by atoms with van der Waals surface area (Å²) in [6.07, 6.45) is 5.39. The molecule has 1 aromatic heterocycles. The molecule has 0 saturated carbocycles. The zero-order chi connectivity index (χ0) is 19.8. The summed E-state index contributed by atoms with van der Waals surface area (Å²) in [6.45, 7) is 11.1. The Morgan fingerprint density at radius 3 is 2.79 bits per heavy atom. The molecule has 2 aliphatic heterocycles. The topological polar surface area (TPSA) is 79.6 Å². The molecule has 1 fully saturated rings. The van der Waals surface area contributed by atoms with Gasteiger partial charge < -0.3 is 20.3 Å². The molecule has 0 aromatic carbocycles. The molecule has 1 saturated heterocycles. The van der Waals surface area contributed by atoms with Crippen LogP contribution in [0.3, 0.4) is 0 Å². The van der Waals surface area contributed by atoms with Crippen molar-refractivity contribution in [2.24, 2.45) is 10.9 Å². The summed E-state index contributed by atoms with van der Waals surface area (Å²) in [6, 6.07) is 0.354. The number of ether oxygens (including phenoxy) is 1. The molecule has 0 amide bonds. The van der Waals surface area contributed by atoms with E-state index < -0.39 is 0 Å². The van der Waals surface area contributed by atoms with Gasteiger partial charge >= 0.3 is 0 Å².